The number of amides is 2. The van der Waals surface area contributed by atoms with Crippen molar-refractivity contribution in [1.82, 2.24) is 9.88 Å². The SMILES string of the molecule is Cc1cc(C=C2SC(=O)NC2=O)c(C)n1-c1ccc(C(C)(C)C)cc1. The van der Waals surface area contributed by atoms with Gasteiger partial charge in [-0.15, -0.1) is 0 Å². The molecule has 1 N–H and O–H groups in total. The van der Waals surface area contributed by atoms with Gasteiger partial charge in [-0.05, 0) is 66.4 Å². The molecule has 1 saturated heterocycles. The largest absolute Gasteiger partial charge is 0.318 e. The fourth-order valence-corrected chi connectivity index (χ4v) is 3.68. The zero-order valence-electron chi connectivity index (χ0n) is 15.1. The van der Waals surface area contributed by atoms with Crippen molar-refractivity contribution < 1.29 is 9.59 Å². The first-order chi connectivity index (χ1) is 11.7. The van der Waals surface area contributed by atoms with Crippen molar-refractivity contribution in [1.29, 1.82) is 0 Å². The minimum Gasteiger partial charge on any atom is -0.318 e. The molecule has 0 radical (unpaired) electrons. The number of thioether (sulfide) groups is 1. The smallest absolute Gasteiger partial charge is 0.290 e. The van der Waals surface area contributed by atoms with Crippen molar-refractivity contribution in [2.75, 3.05) is 0 Å². The van der Waals surface area contributed by atoms with Gasteiger partial charge in [-0.25, -0.2) is 0 Å². The fourth-order valence-electron chi connectivity index (χ4n) is 3.00. The summed E-state index contributed by atoms with van der Waals surface area (Å²) in [5, 5.41) is 1.97. The maximum atomic E-state index is 11.8. The molecule has 0 saturated carbocycles. The molecule has 1 aliphatic heterocycles. The summed E-state index contributed by atoms with van der Waals surface area (Å²) in [6.07, 6.45) is 1.78. The summed E-state index contributed by atoms with van der Waals surface area (Å²) in [5.74, 6) is -0.325. The number of carbonyl (C=O) groups is 2. The second-order valence-electron chi connectivity index (χ2n) is 7.31. The molecule has 1 aromatic carbocycles. The van der Waals surface area contributed by atoms with E-state index in [0.29, 0.717) is 4.91 Å². The Hall–Kier alpha value is -2.27. The number of nitrogens with one attached hydrogen (secondary N) is 1. The van der Waals surface area contributed by atoms with Crippen molar-refractivity contribution in [2.24, 2.45) is 0 Å². The summed E-state index contributed by atoms with van der Waals surface area (Å²) in [6, 6.07) is 10.6. The number of benzene rings is 1. The van der Waals surface area contributed by atoms with E-state index >= 15 is 0 Å². The van der Waals surface area contributed by atoms with Crippen LogP contribution < -0.4 is 5.32 Å². The van der Waals surface area contributed by atoms with Crippen LogP contribution in [0.3, 0.4) is 0 Å². The summed E-state index contributed by atoms with van der Waals surface area (Å²) >= 11 is 0.945. The van der Waals surface area contributed by atoms with Gasteiger partial charge in [-0.2, -0.15) is 0 Å². The normalized spacial score (nSPS) is 16.6. The number of hydrogen-bond donors (Lipinski definition) is 1. The summed E-state index contributed by atoms with van der Waals surface area (Å²) in [5.41, 5.74) is 5.58. The van der Waals surface area contributed by atoms with E-state index in [9.17, 15) is 9.59 Å². The van der Waals surface area contributed by atoms with Gasteiger partial charge < -0.3 is 4.57 Å². The molecule has 5 heteroatoms. The molecule has 2 aromatic rings. The Labute approximate surface area is 152 Å². The van der Waals surface area contributed by atoms with Gasteiger partial charge in [0.2, 0.25) is 0 Å². The Morgan fingerprint density at radius 1 is 1.08 bits per heavy atom. The first kappa shape index (κ1) is 17.5. The summed E-state index contributed by atoms with van der Waals surface area (Å²) < 4.78 is 2.16. The molecule has 0 unspecified atom stereocenters. The second-order valence-corrected chi connectivity index (χ2v) is 8.33. The van der Waals surface area contributed by atoms with Crippen molar-refractivity contribution in [2.45, 2.75) is 40.0 Å². The van der Waals surface area contributed by atoms with E-state index in [1.807, 2.05) is 19.9 Å². The molecule has 4 nitrogen and oxygen atoms in total. The lowest BCUT2D eigenvalue weighted by molar-refractivity contribution is -0.115. The van der Waals surface area contributed by atoms with Crippen LogP contribution >= 0.6 is 11.8 Å². The van der Waals surface area contributed by atoms with Gasteiger partial charge in [0.1, 0.15) is 0 Å². The molecular formula is C20H22N2O2S. The Morgan fingerprint density at radius 3 is 2.24 bits per heavy atom. The molecular weight excluding hydrogens is 332 g/mol. The predicted octanol–water partition coefficient (Wildman–Crippen LogP) is 4.72. The number of carbonyl (C=O) groups excluding carboxylic acids is 2. The minimum atomic E-state index is -0.325. The zero-order valence-corrected chi connectivity index (χ0v) is 16.0. The summed E-state index contributed by atoms with van der Waals surface area (Å²) in [7, 11) is 0. The predicted molar refractivity (Wildman–Crippen MR) is 103 cm³/mol. The lowest BCUT2D eigenvalue weighted by Gasteiger charge is -2.20. The third-order valence-corrected chi connectivity index (χ3v) is 5.20. The molecule has 0 aliphatic carbocycles. The number of aryl methyl sites for hydroxylation is 1. The number of nitrogens with zero attached hydrogens (tertiary/aromatic N) is 1. The van der Waals surface area contributed by atoms with Gasteiger partial charge in [0.25, 0.3) is 11.1 Å². The molecule has 2 amide bonds. The van der Waals surface area contributed by atoms with Crippen LogP contribution in [0.15, 0.2) is 35.2 Å². The third kappa shape index (κ3) is 3.42. The molecule has 0 spiro atoms. The maximum absolute atomic E-state index is 11.8. The van der Waals surface area contributed by atoms with Crippen LogP contribution in [0.2, 0.25) is 0 Å². The average molecular weight is 354 g/mol. The van der Waals surface area contributed by atoms with E-state index in [0.717, 1.165) is 34.4 Å². The van der Waals surface area contributed by atoms with Gasteiger partial charge in [-0.3, -0.25) is 14.9 Å². The van der Waals surface area contributed by atoms with Gasteiger partial charge in [0.15, 0.2) is 0 Å². The van der Waals surface area contributed by atoms with E-state index in [2.05, 4.69) is 54.9 Å². The Morgan fingerprint density at radius 2 is 1.72 bits per heavy atom. The summed E-state index contributed by atoms with van der Waals surface area (Å²) in [4.78, 5) is 23.5. The first-order valence-corrected chi connectivity index (χ1v) is 9.03. The van der Waals surface area contributed by atoms with E-state index in [1.54, 1.807) is 6.08 Å². The van der Waals surface area contributed by atoms with E-state index in [1.165, 1.54) is 5.56 Å². The van der Waals surface area contributed by atoms with E-state index < -0.39 is 0 Å². The molecule has 25 heavy (non-hydrogen) atoms. The van der Waals surface area contributed by atoms with Crippen molar-refractivity contribution >= 4 is 29.0 Å². The topological polar surface area (TPSA) is 51.1 Å². The van der Waals surface area contributed by atoms with Gasteiger partial charge in [-0.1, -0.05) is 32.9 Å². The quantitative estimate of drug-likeness (QED) is 0.794. The van der Waals surface area contributed by atoms with Gasteiger partial charge >= 0.3 is 0 Å². The monoisotopic (exact) mass is 354 g/mol. The highest BCUT2D eigenvalue weighted by molar-refractivity contribution is 8.18. The van der Waals surface area contributed by atoms with E-state index in [-0.39, 0.29) is 16.6 Å². The molecule has 3 rings (SSSR count). The Bertz CT molecular complexity index is 884. The van der Waals surface area contributed by atoms with Crippen LogP contribution in [0.1, 0.15) is 43.3 Å². The van der Waals surface area contributed by atoms with Crippen LogP contribution in [-0.2, 0) is 10.2 Å². The van der Waals surface area contributed by atoms with Crippen molar-refractivity contribution in [3.63, 3.8) is 0 Å². The molecule has 1 aromatic heterocycles. The highest BCUT2D eigenvalue weighted by atomic mass is 32.2. The highest BCUT2D eigenvalue weighted by Crippen LogP contribution is 2.30. The van der Waals surface area contributed by atoms with Crippen LogP contribution in [0.4, 0.5) is 4.79 Å². The van der Waals surface area contributed by atoms with Crippen LogP contribution in [0.25, 0.3) is 11.8 Å². The average Bonchev–Trinajstić information content (AvgIpc) is 2.98. The lowest BCUT2D eigenvalue weighted by atomic mass is 9.87. The number of hydrogen-bond acceptors (Lipinski definition) is 3. The third-order valence-electron chi connectivity index (χ3n) is 4.39. The first-order valence-electron chi connectivity index (χ1n) is 8.21. The van der Waals surface area contributed by atoms with Crippen molar-refractivity contribution in [3.05, 3.63) is 57.8 Å². The molecule has 0 bridgehead atoms. The number of rotatable bonds is 2. The molecule has 2 heterocycles. The van der Waals surface area contributed by atoms with Crippen LogP contribution in [0, 0.1) is 13.8 Å². The second kappa shape index (κ2) is 6.23. The zero-order chi connectivity index (χ0) is 18.4. The Kier molecular flexibility index (Phi) is 4.37. The van der Waals surface area contributed by atoms with Crippen molar-refractivity contribution in [3.8, 4) is 5.69 Å². The van der Waals surface area contributed by atoms with Gasteiger partial charge in [0.05, 0.1) is 4.91 Å². The Balaban J connectivity index is 1.99. The van der Waals surface area contributed by atoms with Crippen LogP contribution in [-0.4, -0.2) is 15.7 Å². The minimum absolute atomic E-state index is 0.120. The molecule has 130 valence electrons. The number of aromatic nitrogens is 1. The van der Waals surface area contributed by atoms with E-state index in [4.69, 9.17) is 0 Å². The van der Waals surface area contributed by atoms with Crippen LogP contribution in [0.5, 0.6) is 0 Å². The maximum Gasteiger partial charge on any atom is 0.290 e. The highest BCUT2D eigenvalue weighted by Gasteiger charge is 2.25. The molecule has 0 atom stereocenters. The molecule has 1 fully saturated rings. The summed E-state index contributed by atoms with van der Waals surface area (Å²) in [6.45, 7) is 10.7. The van der Waals surface area contributed by atoms with Gasteiger partial charge in [0, 0.05) is 17.1 Å². The fraction of sp³-hybridized carbons (Fsp3) is 0.300. The number of imide groups is 1. The standard InChI is InChI=1S/C20H22N2O2S/c1-12-10-14(11-17-18(23)21-19(24)25-17)13(2)22(12)16-8-6-15(7-9-16)20(3,4)5/h6-11H,1-5H3,(H,21,23,24). The lowest BCUT2D eigenvalue weighted by Crippen LogP contribution is -2.17. The molecule has 1 aliphatic rings.